The summed E-state index contributed by atoms with van der Waals surface area (Å²) in [5.74, 6) is 1.01. The van der Waals surface area contributed by atoms with E-state index in [0.29, 0.717) is 6.10 Å². The molecule has 0 aromatic heterocycles. The smallest absolute Gasteiger partial charge is 0.127 e. The molecule has 0 amide bonds. The molecule has 2 aromatic carbocycles. The average molecular weight is 226 g/mol. The maximum Gasteiger partial charge on any atom is 0.127 e. The number of rotatable bonds is 2. The van der Waals surface area contributed by atoms with Gasteiger partial charge in [-0.25, -0.2) is 5.32 Å². The highest BCUT2D eigenvalue weighted by molar-refractivity contribution is 5.88. The van der Waals surface area contributed by atoms with E-state index >= 15 is 0 Å². The zero-order valence-electron chi connectivity index (χ0n) is 9.80. The molecule has 0 N–H and O–H groups in total. The molecule has 0 aliphatic carbocycles. The fourth-order valence-corrected chi connectivity index (χ4v) is 2.32. The van der Waals surface area contributed by atoms with Gasteiger partial charge in [-0.3, -0.25) is 0 Å². The van der Waals surface area contributed by atoms with Crippen LogP contribution in [0.4, 0.5) is 0 Å². The van der Waals surface area contributed by atoms with E-state index in [9.17, 15) is 0 Å². The number of nitrogens with zero attached hydrogens (tertiary/aromatic N) is 1. The van der Waals surface area contributed by atoms with Gasteiger partial charge in [0, 0.05) is 18.5 Å². The average Bonchev–Trinajstić information content (AvgIpc) is 2.40. The predicted molar refractivity (Wildman–Crippen MR) is 69.5 cm³/mol. The quantitative estimate of drug-likeness (QED) is 0.772. The fraction of sp³-hybridized carbons (Fsp3) is 0.333. The summed E-state index contributed by atoms with van der Waals surface area (Å²) in [5.41, 5.74) is 0. The maximum atomic E-state index is 6.11. The van der Waals surface area contributed by atoms with Gasteiger partial charge in [-0.05, 0) is 24.3 Å². The standard InChI is InChI=1S/C15H16NO/c1-2-6-14-12(4-1)5-3-7-15(14)17-13-8-10-16-11-9-13/h1-7,13H,8-11H2. The predicted octanol–water partition coefficient (Wildman–Crippen LogP) is 2.99. The van der Waals surface area contributed by atoms with Crippen molar-refractivity contribution in [2.45, 2.75) is 18.9 Å². The summed E-state index contributed by atoms with van der Waals surface area (Å²) in [6, 6.07) is 14.6. The molecule has 3 rings (SSSR count). The second-order valence-corrected chi connectivity index (χ2v) is 4.47. The minimum Gasteiger partial charge on any atom is -0.490 e. The third-order valence-electron chi connectivity index (χ3n) is 3.26. The van der Waals surface area contributed by atoms with Crippen LogP contribution in [0, 0.1) is 0 Å². The van der Waals surface area contributed by atoms with E-state index < -0.39 is 0 Å². The molecule has 87 valence electrons. The maximum absolute atomic E-state index is 6.11. The number of hydrogen-bond donors (Lipinski definition) is 0. The van der Waals surface area contributed by atoms with E-state index in [-0.39, 0.29) is 0 Å². The van der Waals surface area contributed by atoms with Crippen LogP contribution in [-0.4, -0.2) is 19.2 Å². The van der Waals surface area contributed by atoms with Crippen molar-refractivity contribution in [3.8, 4) is 5.75 Å². The number of hydrogen-bond acceptors (Lipinski definition) is 1. The Balaban J connectivity index is 1.89. The number of ether oxygens (including phenoxy) is 1. The second-order valence-electron chi connectivity index (χ2n) is 4.47. The fourth-order valence-electron chi connectivity index (χ4n) is 2.32. The Morgan fingerprint density at radius 3 is 2.59 bits per heavy atom. The highest BCUT2D eigenvalue weighted by Crippen LogP contribution is 2.27. The summed E-state index contributed by atoms with van der Waals surface area (Å²) >= 11 is 0. The van der Waals surface area contributed by atoms with Gasteiger partial charge in [0.1, 0.15) is 11.9 Å². The van der Waals surface area contributed by atoms with Gasteiger partial charge in [0.25, 0.3) is 0 Å². The van der Waals surface area contributed by atoms with Crippen molar-refractivity contribution < 1.29 is 4.74 Å². The Bertz CT molecular complexity index is 498. The Morgan fingerprint density at radius 1 is 0.941 bits per heavy atom. The van der Waals surface area contributed by atoms with E-state index in [0.717, 1.165) is 31.7 Å². The van der Waals surface area contributed by atoms with Crippen molar-refractivity contribution in [2.24, 2.45) is 0 Å². The lowest BCUT2D eigenvalue weighted by Gasteiger charge is -2.23. The minimum atomic E-state index is 0.332. The third-order valence-corrected chi connectivity index (χ3v) is 3.26. The topological polar surface area (TPSA) is 23.3 Å². The van der Waals surface area contributed by atoms with E-state index in [1.165, 1.54) is 10.8 Å². The molecule has 17 heavy (non-hydrogen) atoms. The van der Waals surface area contributed by atoms with Crippen LogP contribution in [0.1, 0.15) is 12.8 Å². The minimum absolute atomic E-state index is 0.332. The Labute approximate surface area is 102 Å². The highest BCUT2D eigenvalue weighted by Gasteiger charge is 2.15. The van der Waals surface area contributed by atoms with Gasteiger partial charge in [0.2, 0.25) is 0 Å². The summed E-state index contributed by atoms with van der Waals surface area (Å²) in [6.07, 6.45) is 2.42. The molecule has 2 heteroatoms. The van der Waals surface area contributed by atoms with E-state index in [2.05, 4.69) is 47.8 Å². The normalized spacial score (nSPS) is 17.2. The first-order valence-corrected chi connectivity index (χ1v) is 6.21. The van der Waals surface area contributed by atoms with Gasteiger partial charge in [-0.2, -0.15) is 0 Å². The van der Waals surface area contributed by atoms with Crippen LogP contribution in [0.3, 0.4) is 0 Å². The van der Waals surface area contributed by atoms with Gasteiger partial charge in [0.05, 0.1) is 0 Å². The molecule has 2 nitrogen and oxygen atoms in total. The van der Waals surface area contributed by atoms with Crippen molar-refractivity contribution in [3.05, 3.63) is 42.5 Å². The zero-order chi connectivity index (χ0) is 11.5. The molecular formula is C15H16NO. The van der Waals surface area contributed by atoms with Crippen LogP contribution >= 0.6 is 0 Å². The molecule has 0 bridgehead atoms. The first-order valence-electron chi connectivity index (χ1n) is 6.21. The highest BCUT2D eigenvalue weighted by atomic mass is 16.5. The molecule has 0 unspecified atom stereocenters. The van der Waals surface area contributed by atoms with Gasteiger partial charge >= 0.3 is 0 Å². The summed E-state index contributed by atoms with van der Waals surface area (Å²) in [6.45, 7) is 1.88. The number of benzene rings is 2. The van der Waals surface area contributed by atoms with Crippen LogP contribution in [0.2, 0.25) is 0 Å². The molecule has 1 heterocycles. The summed E-state index contributed by atoms with van der Waals surface area (Å²) in [5, 5.41) is 6.80. The van der Waals surface area contributed by atoms with Crippen molar-refractivity contribution in [1.29, 1.82) is 0 Å². The Kier molecular flexibility index (Phi) is 2.97. The molecule has 0 spiro atoms. The zero-order valence-corrected chi connectivity index (χ0v) is 9.80. The lowest BCUT2D eigenvalue weighted by Crippen LogP contribution is -2.30. The van der Waals surface area contributed by atoms with E-state index in [1.54, 1.807) is 0 Å². The Morgan fingerprint density at radius 2 is 1.71 bits per heavy atom. The van der Waals surface area contributed by atoms with E-state index in [4.69, 9.17) is 4.74 Å². The summed E-state index contributed by atoms with van der Waals surface area (Å²) < 4.78 is 6.11. The van der Waals surface area contributed by atoms with Crippen molar-refractivity contribution >= 4 is 10.8 Å². The molecule has 1 aliphatic heterocycles. The summed E-state index contributed by atoms with van der Waals surface area (Å²) in [7, 11) is 0. The van der Waals surface area contributed by atoms with Gasteiger partial charge in [0.15, 0.2) is 0 Å². The van der Waals surface area contributed by atoms with Gasteiger partial charge in [-0.1, -0.05) is 36.4 Å². The first kappa shape index (κ1) is 10.6. The van der Waals surface area contributed by atoms with Crippen molar-refractivity contribution in [2.75, 3.05) is 13.1 Å². The molecular weight excluding hydrogens is 210 g/mol. The lowest BCUT2D eigenvalue weighted by atomic mass is 10.1. The molecule has 1 fully saturated rings. The molecule has 0 atom stereocenters. The van der Waals surface area contributed by atoms with Crippen LogP contribution in [0.5, 0.6) is 5.75 Å². The van der Waals surface area contributed by atoms with Crippen LogP contribution in [0.15, 0.2) is 42.5 Å². The van der Waals surface area contributed by atoms with Crippen LogP contribution < -0.4 is 10.1 Å². The van der Waals surface area contributed by atoms with Gasteiger partial charge in [-0.15, -0.1) is 0 Å². The second kappa shape index (κ2) is 4.76. The Hall–Kier alpha value is -1.54. The van der Waals surface area contributed by atoms with E-state index in [1.807, 2.05) is 0 Å². The first-order chi connectivity index (χ1) is 8.43. The van der Waals surface area contributed by atoms with Crippen LogP contribution in [-0.2, 0) is 0 Å². The van der Waals surface area contributed by atoms with Gasteiger partial charge < -0.3 is 4.74 Å². The molecule has 2 aromatic rings. The molecule has 0 saturated carbocycles. The van der Waals surface area contributed by atoms with Crippen molar-refractivity contribution in [3.63, 3.8) is 0 Å². The van der Waals surface area contributed by atoms with Crippen LogP contribution in [0.25, 0.3) is 10.8 Å². The third kappa shape index (κ3) is 2.27. The molecule has 1 radical (unpaired) electrons. The monoisotopic (exact) mass is 226 g/mol. The number of fused-ring (bicyclic) bond motifs is 1. The largest absolute Gasteiger partial charge is 0.490 e. The molecule has 1 saturated heterocycles. The lowest BCUT2D eigenvalue weighted by molar-refractivity contribution is 0.163. The summed E-state index contributed by atoms with van der Waals surface area (Å²) in [4.78, 5) is 0. The number of piperidine rings is 1. The SMILES string of the molecule is c1ccc2c(OC3CC[N]CC3)cccc2c1. The van der Waals surface area contributed by atoms with Crippen molar-refractivity contribution in [1.82, 2.24) is 5.32 Å². The molecule has 1 aliphatic rings.